The Hall–Kier alpha value is -1.62. The van der Waals surface area contributed by atoms with E-state index in [1.807, 2.05) is 6.07 Å². The van der Waals surface area contributed by atoms with Crippen LogP contribution in [0.5, 0.6) is 0 Å². The third kappa shape index (κ3) is 4.92. The average molecular weight is 437 g/mol. The Labute approximate surface area is 182 Å². The molecule has 3 aliphatic carbocycles. The molecule has 0 aromatic heterocycles. The second kappa shape index (κ2) is 9.89. The van der Waals surface area contributed by atoms with Crippen molar-refractivity contribution in [3.8, 4) is 0 Å². The lowest BCUT2D eigenvalue weighted by molar-refractivity contribution is -0.215. The maximum atomic E-state index is 15.4. The standard InChI is InChI=1S/C26H32F4O/c27-23-16-21(20-8-2-1-3-9-20)17-24(28)26(23,31-25(29)30)22-14-12-19(13-15-22)11-10-18-6-4-5-7-18/h1-3,8-9,16-19,21-22,25H,4-7,10-15H2. The summed E-state index contributed by atoms with van der Waals surface area (Å²) < 4.78 is 62.3. The molecule has 0 unspecified atom stereocenters. The van der Waals surface area contributed by atoms with Gasteiger partial charge in [0.15, 0.2) is 5.60 Å². The minimum absolute atomic E-state index is 0.501. The monoisotopic (exact) mass is 436 g/mol. The molecule has 1 aromatic carbocycles. The highest BCUT2D eigenvalue weighted by Gasteiger charge is 2.53. The Kier molecular flexibility index (Phi) is 7.20. The normalized spacial score (nSPS) is 32.2. The van der Waals surface area contributed by atoms with Crippen LogP contribution in [0, 0.1) is 17.8 Å². The summed E-state index contributed by atoms with van der Waals surface area (Å²) in [5.74, 6) is -1.75. The van der Waals surface area contributed by atoms with Gasteiger partial charge in [0.1, 0.15) is 11.7 Å². The highest BCUT2D eigenvalue weighted by Crippen LogP contribution is 2.51. The predicted octanol–water partition coefficient (Wildman–Crippen LogP) is 8.25. The van der Waals surface area contributed by atoms with Crippen LogP contribution in [0.15, 0.2) is 54.1 Å². The van der Waals surface area contributed by atoms with E-state index >= 15 is 8.78 Å². The molecule has 4 rings (SSSR count). The summed E-state index contributed by atoms with van der Waals surface area (Å²) in [7, 11) is 0. The van der Waals surface area contributed by atoms with Crippen molar-refractivity contribution in [2.24, 2.45) is 17.8 Å². The van der Waals surface area contributed by atoms with Crippen LogP contribution in [0.2, 0.25) is 0 Å². The Bertz CT molecular complexity index is 754. The Morgan fingerprint density at radius 3 is 1.90 bits per heavy atom. The van der Waals surface area contributed by atoms with Crippen molar-refractivity contribution < 1.29 is 22.3 Å². The molecule has 2 fully saturated rings. The van der Waals surface area contributed by atoms with Crippen molar-refractivity contribution in [2.45, 2.75) is 82.3 Å². The first-order valence-corrected chi connectivity index (χ1v) is 11.8. The zero-order valence-corrected chi connectivity index (χ0v) is 17.9. The molecule has 0 amide bonds. The zero-order chi connectivity index (χ0) is 21.8. The van der Waals surface area contributed by atoms with Gasteiger partial charge < -0.3 is 4.74 Å². The van der Waals surface area contributed by atoms with Crippen LogP contribution in [-0.4, -0.2) is 12.2 Å². The second-order valence-electron chi connectivity index (χ2n) is 9.53. The summed E-state index contributed by atoms with van der Waals surface area (Å²) in [4.78, 5) is 0. The van der Waals surface area contributed by atoms with E-state index in [2.05, 4.69) is 0 Å². The van der Waals surface area contributed by atoms with Crippen LogP contribution in [0.25, 0.3) is 0 Å². The quantitative estimate of drug-likeness (QED) is 0.391. The molecular weight excluding hydrogens is 404 g/mol. The maximum absolute atomic E-state index is 15.4. The van der Waals surface area contributed by atoms with Crippen molar-refractivity contribution in [1.82, 2.24) is 0 Å². The van der Waals surface area contributed by atoms with Crippen molar-refractivity contribution in [3.63, 3.8) is 0 Å². The van der Waals surface area contributed by atoms with Gasteiger partial charge in [-0.2, -0.15) is 8.78 Å². The van der Waals surface area contributed by atoms with Gasteiger partial charge in [-0.15, -0.1) is 0 Å². The Morgan fingerprint density at radius 2 is 1.35 bits per heavy atom. The molecule has 1 aromatic rings. The fraction of sp³-hybridized carbons (Fsp3) is 0.615. The summed E-state index contributed by atoms with van der Waals surface area (Å²) in [5.41, 5.74) is -1.57. The molecule has 0 aliphatic heterocycles. The van der Waals surface area contributed by atoms with E-state index in [4.69, 9.17) is 4.74 Å². The van der Waals surface area contributed by atoms with Gasteiger partial charge in [0.2, 0.25) is 0 Å². The molecule has 2 saturated carbocycles. The van der Waals surface area contributed by atoms with Crippen LogP contribution in [0.3, 0.4) is 0 Å². The number of halogens is 4. The van der Waals surface area contributed by atoms with E-state index < -0.39 is 35.7 Å². The van der Waals surface area contributed by atoms with Gasteiger partial charge in [0.25, 0.3) is 0 Å². The molecule has 0 bridgehead atoms. The highest BCUT2D eigenvalue weighted by molar-refractivity contribution is 5.41. The van der Waals surface area contributed by atoms with Gasteiger partial charge in [-0.3, -0.25) is 0 Å². The maximum Gasteiger partial charge on any atom is 0.346 e. The lowest BCUT2D eigenvalue weighted by Gasteiger charge is -2.43. The van der Waals surface area contributed by atoms with E-state index in [9.17, 15) is 8.78 Å². The van der Waals surface area contributed by atoms with E-state index in [0.717, 1.165) is 25.2 Å². The number of alkyl halides is 2. The fourth-order valence-corrected chi connectivity index (χ4v) is 5.96. The third-order valence-electron chi connectivity index (χ3n) is 7.70. The summed E-state index contributed by atoms with van der Waals surface area (Å²) in [6.07, 6.45) is 12.7. The molecule has 0 heterocycles. The summed E-state index contributed by atoms with van der Waals surface area (Å²) in [6, 6.07) is 8.94. The molecule has 0 N–H and O–H groups in total. The molecule has 0 saturated heterocycles. The molecule has 0 atom stereocenters. The molecule has 170 valence electrons. The largest absolute Gasteiger partial charge is 0.346 e. The van der Waals surface area contributed by atoms with Gasteiger partial charge in [-0.1, -0.05) is 81.7 Å². The molecule has 1 nitrogen and oxygen atoms in total. The summed E-state index contributed by atoms with van der Waals surface area (Å²) in [5, 5.41) is 0. The van der Waals surface area contributed by atoms with Gasteiger partial charge in [0, 0.05) is 11.8 Å². The van der Waals surface area contributed by atoms with Crippen LogP contribution in [-0.2, 0) is 4.74 Å². The van der Waals surface area contributed by atoms with E-state index in [0.29, 0.717) is 24.3 Å². The van der Waals surface area contributed by atoms with E-state index in [1.54, 1.807) is 24.3 Å². The fourth-order valence-electron chi connectivity index (χ4n) is 5.96. The van der Waals surface area contributed by atoms with Crippen LogP contribution in [0.4, 0.5) is 17.6 Å². The average Bonchev–Trinajstić information content (AvgIpc) is 3.29. The SMILES string of the molecule is FC1=CC(c2ccccc2)C=C(F)C1(OC(F)F)C1CCC(CCC2CCCC2)CC1. The number of allylic oxidation sites excluding steroid dienone is 2. The molecule has 0 radical (unpaired) electrons. The van der Waals surface area contributed by atoms with Gasteiger partial charge in [0.05, 0.1) is 0 Å². The van der Waals surface area contributed by atoms with Crippen molar-refractivity contribution >= 4 is 0 Å². The lowest BCUT2D eigenvalue weighted by Crippen LogP contribution is -2.47. The van der Waals surface area contributed by atoms with E-state index in [1.165, 1.54) is 44.3 Å². The number of hydrogen-bond donors (Lipinski definition) is 0. The summed E-state index contributed by atoms with van der Waals surface area (Å²) in [6.45, 7) is -3.24. The van der Waals surface area contributed by atoms with Gasteiger partial charge in [-0.05, 0) is 42.4 Å². The second-order valence-corrected chi connectivity index (χ2v) is 9.53. The van der Waals surface area contributed by atoms with Gasteiger partial charge >= 0.3 is 6.61 Å². The van der Waals surface area contributed by atoms with Crippen LogP contribution >= 0.6 is 0 Å². The lowest BCUT2D eigenvalue weighted by atomic mass is 9.69. The predicted molar refractivity (Wildman–Crippen MR) is 114 cm³/mol. The Balaban J connectivity index is 1.47. The number of hydrogen-bond acceptors (Lipinski definition) is 1. The van der Waals surface area contributed by atoms with Crippen LogP contribution < -0.4 is 0 Å². The molecule has 5 heteroatoms. The molecular formula is C26H32F4O. The number of rotatable bonds is 7. The first kappa shape index (κ1) is 22.6. The number of benzene rings is 1. The van der Waals surface area contributed by atoms with Crippen LogP contribution in [0.1, 0.15) is 75.7 Å². The van der Waals surface area contributed by atoms with Gasteiger partial charge in [-0.25, -0.2) is 8.78 Å². The first-order valence-electron chi connectivity index (χ1n) is 11.8. The van der Waals surface area contributed by atoms with E-state index in [-0.39, 0.29) is 0 Å². The van der Waals surface area contributed by atoms with Crippen molar-refractivity contribution in [1.29, 1.82) is 0 Å². The highest BCUT2D eigenvalue weighted by atomic mass is 19.3. The van der Waals surface area contributed by atoms with Crippen molar-refractivity contribution in [2.75, 3.05) is 0 Å². The minimum atomic E-state index is -3.24. The first-order chi connectivity index (χ1) is 15.0. The molecule has 0 spiro atoms. The zero-order valence-electron chi connectivity index (χ0n) is 17.9. The Morgan fingerprint density at radius 1 is 0.806 bits per heavy atom. The topological polar surface area (TPSA) is 9.23 Å². The van der Waals surface area contributed by atoms with Crippen molar-refractivity contribution in [3.05, 3.63) is 59.7 Å². The molecule has 31 heavy (non-hydrogen) atoms. The third-order valence-corrected chi connectivity index (χ3v) is 7.70. The minimum Gasteiger partial charge on any atom is -0.301 e. The number of ether oxygens (including phenoxy) is 1. The summed E-state index contributed by atoms with van der Waals surface area (Å²) >= 11 is 0. The smallest absolute Gasteiger partial charge is 0.301 e. The molecule has 3 aliphatic rings.